The van der Waals surface area contributed by atoms with Crippen molar-refractivity contribution in [2.75, 3.05) is 20.9 Å². The molecular weight excluding hydrogens is 488 g/mol. The number of imidazole rings is 1. The van der Waals surface area contributed by atoms with Crippen molar-refractivity contribution in [3.05, 3.63) is 28.8 Å². The molecule has 2 aromatic heterocycles. The quantitative estimate of drug-likeness (QED) is 0.348. The second kappa shape index (κ2) is 9.00. The molecule has 1 saturated heterocycles. The van der Waals surface area contributed by atoms with E-state index in [2.05, 4.69) is 4.98 Å². The van der Waals surface area contributed by atoms with E-state index in [0.717, 1.165) is 0 Å². The van der Waals surface area contributed by atoms with E-state index < -0.39 is 42.2 Å². The predicted octanol–water partition coefficient (Wildman–Crippen LogP) is 1.76. The van der Waals surface area contributed by atoms with Crippen molar-refractivity contribution >= 4 is 45.5 Å². The minimum atomic E-state index is -0.891. The Morgan fingerprint density at radius 2 is 1.92 bits per heavy atom. The van der Waals surface area contributed by atoms with Crippen LogP contribution in [0.1, 0.15) is 50.0 Å². The van der Waals surface area contributed by atoms with Gasteiger partial charge in [0.15, 0.2) is 5.69 Å². The molecule has 194 valence electrons. The van der Waals surface area contributed by atoms with Crippen molar-refractivity contribution in [1.29, 1.82) is 0 Å². The first kappa shape index (κ1) is 25.8. The molecule has 0 unspecified atom stereocenters. The van der Waals surface area contributed by atoms with Crippen molar-refractivity contribution in [1.82, 2.24) is 19.2 Å². The van der Waals surface area contributed by atoms with E-state index >= 15 is 0 Å². The van der Waals surface area contributed by atoms with Gasteiger partial charge in [0.05, 0.1) is 28.4 Å². The number of hydrogen-bond acceptors (Lipinski definition) is 9. The summed E-state index contributed by atoms with van der Waals surface area (Å²) in [6, 6.07) is -0.422. The highest BCUT2D eigenvalue weighted by molar-refractivity contribution is 7.18. The Morgan fingerprint density at radius 1 is 1.25 bits per heavy atom. The summed E-state index contributed by atoms with van der Waals surface area (Å²) in [6.07, 6.45) is 2.39. The minimum absolute atomic E-state index is 0.0548. The maximum absolute atomic E-state index is 13.2. The molecule has 4 heterocycles. The van der Waals surface area contributed by atoms with Crippen LogP contribution in [0.25, 0.3) is 10.4 Å². The Morgan fingerprint density at radius 3 is 2.50 bits per heavy atom. The Bertz CT molecular complexity index is 1280. The molecule has 0 aliphatic carbocycles. The van der Waals surface area contributed by atoms with Crippen molar-refractivity contribution < 1.29 is 33.8 Å². The summed E-state index contributed by atoms with van der Waals surface area (Å²) >= 11 is 1.27. The van der Waals surface area contributed by atoms with Gasteiger partial charge in [0.25, 0.3) is 5.91 Å². The number of ether oxygens (including phenoxy) is 2. The molecule has 0 spiro atoms. The average molecular weight is 519 g/mol. The molecule has 1 N–H and O–H groups in total. The average Bonchev–Trinajstić information content (AvgIpc) is 3.41. The molecule has 4 rings (SSSR count). The van der Waals surface area contributed by atoms with Gasteiger partial charge in [-0.2, -0.15) is 0 Å². The number of carbonyl (C=O) groups is 4. The third-order valence-electron chi connectivity index (χ3n) is 6.44. The van der Waals surface area contributed by atoms with Crippen LogP contribution in [0.4, 0.5) is 0 Å². The Labute approximate surface area is 212 Å². The normalized spacial score (nSPS) is 22.4. The summed E-state index contributed by atoms with van der Waals surface area (Å²) in [6.45, 7) is 7.88. The number of aliphatic hydroxyl groups is 1. The van der Waals surface area contributed by atoms with Gasteiger partial charge in [-0.25, -0.2) is 9.78 Å². The summed E-state index contributed by atoms with van der Waals surface area (Å²) in [5, 5.41) is 10.2. The molecule has 0 aromatic carbocycles. The summed E-state index contributed by atoms with van der Waals surface area (Å²) in [5.74, 6) is -2.92. The summed E-state index contributed by atoms with van der Waals surface area (Å²) in [4.78, 5) is 59.1. The molecule has 0 radical (unpaired) electrons. The zero-order valence-corrected chi connectivity index (χ0v) is 22.1. The standard InChI is InChI=1S/C24H30N4O7S/c1-11-14(13-8-27-9-25-16(21(27)36-13)20(31)26(6)7)18(28-17(11)15(12(2)29)19(28)30)22(32)34-10-35-23(33)24(3,4)5/h8-9,11-12,15,17,29H,10H2,1-7H3/t11-,12+,15+,17+/m0/s1. The van der Waals surface area contributed by atoms with Gasteiger partial charge in [-0.1, -0.05) is 6.92 Å². The minimum Gasteiger partial charge on any atom is -0.427 e. The fraction of sp³-hybridized carbons (Fsp3) is 0.542. The molecule has 2 aliphatic heterocycles. The summed E-state index contributed by atoms with van der Waals surface area (Å²) in [7, 11) is 3.27. The highest BCUT2D eigenvalue weighted by Crippen LogP contribution is 2.51. The lowest BCUT2D eigenvalue weighted by Crippen LogP contribution is -2.63. The molecule has 12 heteroatoms. The van der Waals surface area contributed by atoms with Crippen LogP contribution in [0.15, 0.2) is 18.2 Å². The number of esters is 2. The molecule has 36 heavy (non-hydrogen) atoms. The number of thiazole rings is 1. The van der Waals surface area contributed by atoms with Crippen molar-refractivity contribution in [3.8, 4) is 0 Å². The molecule has 2 aromatic rings. The van der Waals surface area contributed by atoms with Crippen LogP contribution in [-0.2, 0) is 23.9 Å². The maximum Gasteiger partial charge on any atom is 0.358 e. The van der Waals surface area contributed by atoms with E-state index in [4.69, 9.17) is 9.47 Å². The molecule has 2 aliphatic rings. The monoisotopic (exact) mass is 518 g/mol. The van der Waals surface area contributed by atoms with Gasteiger partial charge in [-0.3, -0.25) is 18.8 Å². The molecule has 0 bridgehead atoms. The first-order valence-corrected chi connectivity index (χ1v) is 12.4. The molecule has 4 atom stereocenters. The van der Waals surface area contributed by atoms with E-state index in [0.29, 0.717) is 15.3 Å². The number of β-lactam (4-membered cyclic amide) rings is 1. The second-order valence-corrected chi connectivity index (χ2v) is 11.4. The zero-order chi connectivity index (χ0) is 26.7. The largest absolute Gasteiger partial charge is 0.427 e. The van der Waals surface area contributed by atoms with Crippen molar-refractivity contribution in [2.45, 2.75) is 46.8 Å². The van der Waals surface area contributed by atoms with Gasteiger partial charge >= 0.3 is 11.9 Å². The number of nitrogens with zero attached hydrogens (tertiary/aromatic N) is 4. The van der Waals surface area contributed by atoms with Gasteiger partial charge in [-0.05, 0) is 27.7 Å². The summed E-state index contributed by atoms with van der Waals surface area (Å²) in [5.41, 5.74) is 0.137. The maximum atomic E-state index is 13.2. The summed E-state index contributed by atoms with van der Waals surface area (Å²) < 4.78 is 12.0. The van der Waals surface area contributed by atoms with Crippen molar-refractivity contribution in [2.24, 2.45) is 17.3 Å². The lowest BCUT2D eigenvalue weighted by atomic mass is 9.77. The van der Waals surface area contributed by atoms with Crippen LogP contribution < -0.4 is 0 Å². The van der Waals surface area contributed by atoms with Gasteiger partial charge < -0.3 is 24.4 Å². The topological polar surface area (TPSA) is 131 Å². The highest BCUT2D eigenvalue weighted by atomic mass is 32.1. The molecule has 0 saturated carbocycles. The SMILES string of the molecule is C[C@@H](O)[C@H]1C(=O)N2C(C(=O)OCOC(=O)C(C)(C)C)=C(c3cn4cnc(C(=O)N(C)C)c4s3)[C@H](C)[C@H]12. The highest BCUT2D eigenvalue weighted by Gasteiger charge is 2.60. The van der Waals surface area contributed by atoms with Crippen LogP contribution >= 0.6 is 11.3 Å². The number of fused-ring (bicyclic) bond motifs is 2. The number of rotatable bonds is 6. The van der Waals surface area contributed by atoms with E-state index in [1.54, 1.807) is 52.4 Å². The third-order valence-corrected chi connectivity index (χ3v) is 7.59. The fourth-order valence-electron chi connectivity index (χ4n) is 4.59. The number of carbonyl (C=O) groups excluding carboxylic acids is 4. The van der Waals surface area contributed by atoms with Gasteiger partial charge in [0.2, 0.25) is 12.7 Å². The Hall–Kier alpha value is -3.25. The van der Waals surface area contributed by atoms with E-state index in [-0.39, 0.29) is 29.1 Å². The third kappa shape index (κ3) is 4.07. The number of hydrogen-bond donors (Lipinski definition) is 1. The molecule has 11 nitrogen and oxygen atoms in total. The molecular formula is C24H30N4O7S. The van der Waals surface area contributed by atoms with Crippen LogP contribution in [0.5, 0.6) is 0 Å². The number of aliphatic hydroxyl groups excluding tert-OH is 1. The first-order chi connectivity index (χ1) is 16.8. The lowest BCUT2D eigenvalue weighted by molar-refractivity contribution is -0.175. The van der Waals surface area contributed by atoms with E-state index in [9.17, 15) is 24.3 Å². The Kier molecular flexibility index (Phi) is 6.46. The first-order valence-electron chi connectivity index (χ1n) is 11.5. The molecule has 1 fully saturated rings. The van der Waals surface area contributed by atoms with Gasteiger partial charge in [0.1, 0.15) is 16.9 Å². The van der Waals surface area contributed by atoms with Crippen LogP contribution in [-0.4, -0.2) is 81.1 Å². The molecule has 2 amide bonds. The second-order valence-electron chi connectivity index (χ2n) is 10.3. The smallest absolute Gasteiger partial charge is 0.358 e. The fourth-order valence-corrected chi connectivity index (χ4v) is 5.80. The number of amides is 2. The van der Waals surface area contributed by atoms with Gasteiger partial charge in [0, 0.05) is 31.8 Å². The van der Waals surface area contributed by atoms with Crippen molar-refractivity contribution in [3.63, 3.8) is 0 Å². The van der Waals surface area contributed by atoms with Crippen LogP contribution in [0.2, 0.25) is 0 Å². The lowest BCUT2D eigenvalue weighted by Gasteiger charge is -2.46. The predicted molar refractivity (Wildman–Crippen MR) is 129 cm³/mol. The zero-order valence-electron chi connectivity index (χ0n) is 21.3. The van der Waals surface area contributed by atoms with Crippen LogP contribution in [0, 0.1) is 17.3 Å². The Balaban J connectivity index is 1.72. The van der Waals surface area contributed by atoms with Gasteiger partial charge in [-0.15, -0.1) is 11.3 Å². The van der Waals surface area contributed by atoms with E-state index in [1.807, 2.05) is 6.92 Å². The number of aromatic nitrogens is 2. The van der Waals surface area contributed by atoms with E-state index in [1.165, 1.54) is 27.5 Å². The van der Waals surface area contributed by atoms with Crippen LogP contribution in [0.3, 0.4) is 0 Å².